The second kappa shape index (κ2) is 7.02. The summed E-state index contributed by atoms with van der Waals surface area (Å²) in [6.07, 6.45) is 1.72. The number of nitrogens with two attached hydrogens (primary N) is 1. The fraction of sp³-hybridized carbons (Fsp3) is 0.192. The predicted molar refractivity (Wildman–Crippen MR) is 122 cm³/mol. The van der Waals surface area contributed by atoms with Crippen LogP contribution < -0.4 is 10.6 Å². The van der Waals surface area contributed by atoms with E-state index in [0.717, 1.165) is 24.1 Å². The average molecular weight is 380 g/mol. The van der Waals surface area contributed by atoms with Gasteiger partial charge in [-0.05, 0) is 48.2 Å². The molecule has 0 saturated carbocycles. The molecule has 0 radical (unpaired) electrons. The minimum absolute atomic E-state index is 0.0795. The molecule has 144 valence electrons. The third-order valence-electron chi connectivity index (χ3n) is 5.99. The summed E-state index contributed by atoms with van der Waals surface area (Å²) in [6.45, 7) is 4.30. The number of fused-ring (bicyclic) bond motifs is 3. The van der Waals surface area contributed by atoms with Crippen LogP contribution in [0.3, 0.4) is 0 Å². The van der Waals surface area contributed by atoms with Gasteiger partial charge in [-0.15, -0.1) is 0 Å². The van der Waals surface area contributed by atoms with Gasteiger partial charge in [0.2, 0.25) is 0 Å². The van der Waals surface area contributed by atoms with E-state index in [2.05, 4.69) is 91.5 Å². The molecule has 0 saturated heterocycles. The van der Waals surface area contributed by atoms with Gasteiger partial charge in [-0.25, -0.2) is 0 Å². The molecule has 3 aromatic carbocycles. The van der Waals surface area contributed by atoms with Gasteiger partial charge in [0.15, 0.2) is 0 Å². The number of pyridine rings is 1. The zero-order valence-corrected chi connectivity index (χ0v) is 16.9. The van der Waals surface area contributed by atoms with Gasteiger partial charge in [0, 0.05) is 28.8 Å². The molecule has 1 aliphatic heterocycles. The molecule has 0 spiro atoms. The Bertz CT molecular complexity index is 1200. The van der Waals surface area contributed by atoms with Crippen molar-refractivity contribution in [3.05, 3.63) is 89.6 Å². The second-order valence-electron chi connectivity index (χ2n) is 7.75. The third kappa shape index (κ3) is 2.90. The topological polar surface area (TPSA) is 42.2 Å². The van der Waals surface area contributed by atoms with Gasteiger partial charge in [-0.2, -0.15) is 0 Å². The lowest BCUT2D eigenvalue weighted by molar-refractivity contribution is 0.718. The Morgan fingerprint density at radius 1 is 0.966 bits per heavy atom. The van der Waals surface area contributed by atoms with Crippen molar-refractivity contribution >= 4 is 22.3 Å². The van der Waals surface area contributed by atoms with Crippen molar-refractivity contribution in [3.8, 4) is 11.1 Å². The maximum Gasteiger partial charge on any atom is 0.0863 e. The van der Waals surface area contributed by atoms with Crippen LogP contribution in [-0.2, 0) is 12.8 Å². The number of anilines is 2. The Kier molecular flexibility index (Phi) is 4.33. The molecule has 3 heteroatoms. The van der Waals surface area contributed by atoms with Crippen LogP contribution in [0.1, 0.15) is 23.7 Å². The van der Waals surface area contributed by atoms with Gasteiger partial charge in [0.05, 0.1) is 17.4 Å². The first-order valence-electron chi connectivity index (χ1n) is 10.3. The van der Waals surface area contributed by atoms with Crippen LogP contribution in [-0.4, -0.2) is 11.1 Å². The highest BCUT2D eigenvalue weighted by molar-refractivity contribution is 6.00. The summed E-state index contributed by atoms with van der Waals surface area (Å²) in [4.78, 5) is 7.24. The van der Waals surface area contributed by atoms with E-state index in [1.807, 2.05) is 0 Å². The number of nitrogens with zero attached hydrogens (tertiary/aromatic N) is 2. The van der Waals surface area contributed by atoms with Crippen molar-refractivity contribution in [3.63, 3.8) is 0 Å². The first-order chi connectivity index (χ1) is 14.2. The van der Waals surface area contributed by atoms with Crippen LogP contribution in [0.25, 0.3) is 22.0 Å². The van der Waals surface area contributed by atoms with E-state index in [1.165, 1.54) is 39.0 Å². The molecular weight excluding hydrogens is 354 g/mol. The van der Waals surface area contributed by atoms with Crippen molar-refractivity contribution in [1.29, 1.82) is 0 Å². The van der Waals surface area contributed by atoms with E-state index >= 15 is 0 Å². The predicted octanol–water partition coefficient (Wildman–Crippen LogP) is 5.75. The molecule has 4 aromatic rings. The zero-order valence-electron chi connectivity index (χ0n) is 16.9. The smallest absolute Gasteiger partial charge is 0.0863 e. The van der Waals surface area contributed by atoms with Gasteiger partial charge >= 0.3 is 0 Å². The molecule has 2 N–H and O–H groups in total. The molecule has 3 nitrogen and oxygen atoms in total. The number of hydrogen-bond donors (Lipinski definition) is 1. The number of aromatic nitrogens is 1. The van der Waals surface area contributed by atoms with E-state index in [1.54, 1.807) is 0 Å². The summed E-state index contributed by atoms with van der Waals surface area (Å²) in [7, 11) is 0. The van der Waals surface area contributed by atoms with E-state index in [9.17, 15) is 0 Å². The van der Waals surface area contributed by atoms with Crippen molar-refractivity contribution in [2.45, 2.75) is 32.9 Å². The van der Waals surface area contributed by atoms with Crippen LogP contribution in [0.4, 0.5) is 11.4 Å². The van der Waals surface area contributed by atoms with E-state index in [4.69, 9.17) is 10.7 Å². The van der Waals surface area contributed by atoms with Gasteiger partial charge in [-0.3, -0.25) is 4.98 Å². The van der Waals surface area contributed by atoms with E-state index in [-0.39, 0.29) is 6.17 Å². The maximum atomic E-state index is 6.69. The molecule has 1 aromatic heterocycles. The minimum Gasteiger partial charge on any atom is -0.324 e. The van der Waals surface area contributed by atoms with Crippen molar-refractivity contribution in [2.75, 3.05) is 4.90 Å². The lowest BCUT2D eigenvalue weighted by atomic mass is 10.00. The van der Waals surface area contributed by atoms with Gasteiger partial charge in [-0.1, -0.05) is 61.5 Å². The number of para-hydroxylation sites is 1. The van der Waals surface area contributed by atoms with Crippen molar-refractivity contribution in [2.24, 2.45) is 5.73 Å². The van der Waals surface area contributed by atoms with Crippen LogP contribution in [0.15, 0.2) is 72.8 Å². The quantitative estimate of drug-likeness (QED) is 0.493. The fourth-order valence-corrected chi connectivity index (χ4v) is 4.55. The Balaban J connectivity index is 1.78. The van der Waals surface area contributed by atoms with E-state index < -0.39 is 0 Å². The van der Waals surface area contributed by atoms with Gasteiger partial charge in [0.1, 0.15) is 0 Å². The largest absolute Gasteiger partial charge is 0.324 e. The van der Waals surface area contributed by atoms with Crippen LogP contribution in [0.5, 0.6) is 0 Å². The van der Waals surface area contributed by atoms with Crippen LogP contribution >= 0.6 is 0 Å². The Morgan fingerprint density at radius 3 is 2.52 bits per heavy atom. The van der Waals surface area contributed by atoms with Gasteiger partial charge in [0.25, 0.3) is 0 Å². The minimum atomic E-state index is -0.0795. The second-order valence-corrected chi connectivity index (χ2v) is 7.75. The standard InChI is InChI=1S/C26H25N3/c1-3-18-9-7-8-12-24(18)29-25(27)16-21-17(2)28-23-14-13-20(15-22(23)26(21)29)19-10-5-4-6-11-19/h4-15,25H,3,16,27H2,1-2H3. The molecule has 0 amide bonds. The molecule has 0 bridgehead atoms. The Labute approximate surface area is 171 Å². The Morgan fingerprint density at radius 2 is 1.72 bits per heavy atom. The number of rotatable bonds is 3. The van der Waals surface area contributed by atoms with Crippen LogP contribution in [0, 0.1) is 6.92 Å². The summed E-state index contributed by atoms with van der Waals surface area (Å²) in [5, 5.41) is 1.17. The molecule has 0 aliphatic carbocycles. The maximum absolute atomic E-state index is 6.69. The van der Waals surface area contributed by atoms with Crippen molar-refractivity contribution in [1.82, 2.24) is 4.98 Å². The average Bonchev–Trinajstić information content (AvgIpc) is 3.12. The third-order valence-corrected chi connectivity index (χ3v) is 5.99. The number of aryl methyl sites for hydroxylation is 2. The molecule has 1 atom stereocenters. The summed E-state index contributed by atoms with van der Waals surface area (Å²) < 4.78 is 0. The molecule has 1 aliphatic rings. The Hall–Kier alpha value is -3.17. The molecule has 2 heterocycles. The summed E-state index contributed by atoms with van der Waals surface area (Å²) in [5.74, 6) is 0. The molecular formula is C26H25N3. The highest BCUT2D eigenvalue weighted by atomic mass is 15.3. The summed E-state index contributed by atoms with van der Waals surface area (Å²) in [6, 6.07) is 25.7. The molecule has 5 rings (SSSR count). The van der Waals surface area contributed by atoms with Crippen LogP contribution in [0.2, 0.25) is 0 Å². The molecule has 0 fully saturated rings. The first kappa shape index (κ1) is 17.9. The highest BCUT2D eigenvalue weighted by Gasteiger charge is 2.32. The van der Waals surface area contributed by atoms with E-state index in [0.29, 0.717) is 0 Å². The SMILES string of the molecule is CCc1ccccc1N1c2c(c(C)nc3ccc(-c4ccccc4)cc23)CC1N. The monoisotopic (exact) mass is 379 g/mol. The number of benzene rings is 3. The summed E-state index contributed by atoms with van der Waals surface area (Å²) in [5.41, 5.74) is 16.2. The molecule has 1 unspecified atom stereocenters. The summed E-state index contributed by atoms with van der Waals surface area (Å²) >= 11 is 0. The fourth-order valence-electron chi connectivity index (χ4n) is 4.55. The zero-order chi connectivity index (χ0) is 20.0. The lowest BCUT2D eigenvalue weighted by Gasteiger charge is -2.28. The highest BCUT2D eigenvalue weighted by Crippen LogP contribution is 2.44. The lowest BCUT2D eigenvalue weighted by Crippen LogP contribution is -2.36. The van der Waals surface area contributed by atoms with Crippen molar-refractivity contribution < 1.29 is 0 Å². The number of hydrogen-bond acceptors (Lipinski definition) is 3. The first-order valence-corrected chi connectivity index (χ1v) is 10.3. The van der Waals surface area contributed by atoms with Gasteiger partial charge < -0.3 is 10.6 Å². The normalized spacial score (nSPS) is 15.7. The molecule has 29 heavy (non-hydrogen) atoms.